The van der Waals surface area contributed by atoms with Gasteiger partial charge in [0.2, 0.25) is 5.91 Å². The second kappa shape index (κ2) is 7.82. The minimum absolute atomic E-state index is 0.0758. The molecule has 0 spiro atoms. The van der Waals surface area contributed by atoms with Crippen molar-refractivity contribution in [1.29, 1.82) is 0 Å². The second-order valence-electron chi connectivity index (χ2n) is 7.10. The number of rotatable bonds is 6. The van der Waals surface area contributed by atoms with Crippen molar-refractivity contribution in [1.82, 2.24) is 5.32 Å². The highest BCUT2D eigenvalue weighted by Crippen LogP contribution is 2.40. The van der Waals surface area contributed by atoms with Crippen LogP contribution in [0.3, 0.4) is 0 Å². The van der Waals surface area contributed by atoms with E-state index in [-0.39, 0.29) is 11.8 Å². The molecule has 0 saturated heterocycles. The van der Waals surface area contributed by atoms with Gasteiger partial charge in [0.1, 0.15) is 11.8 Å². The Morgan fingerprint density at radius 2 is 1.89 bits per heavy atom. The summed E-state index contributed by atoms with van der Waals surface area (Å²) in [5.74, 6) is 0.560. The molecule has 1 unspecified atom stereocenters. The predicted octanol–water partition coefficient (Wildman–Crippen LogP) is 3.60. The first-order chi connectivity index (χ1) is 12.9. The number of amides is 2. The Labute approximate surface area is 160 Å². The number of fused-ring (bicyclic) bond motifs is 1. The summed E-state index contributed by atoms with van der Waals surface area (Å²) in [5, 5.41) is 2.81. The summed E-state index contributed by atoms with van der Waals surface area (Å²) < 4.78 is 5.81. The van der Waals surface area contributed by atoms with Gasteiger partial charge in [0.15, 0.2) is 0 Å². The Morgan fingerprint density at radius 1 is 1.15 bits per heavy atom. The van der Waals surface area contributed by atoms with Gasteiger partial charge in [-0.1, -0.05) is 24.3 Å². The number of hydrogen-bond donors (Lipinski definition) is 1. The monoisotopic (exact) mass is 366 g/mol. The first kappa shape index (κ1) is 19.0. The molecule has 0 saturated carbocycles. The van der Waals surface area contributed by atoms with Gasteiger partial charge >= 0.3 is 0 Å². The number of anilines is 1. The van der Waals surface area contributed by atoms with Gasteiger partial charge in [0, 0.05) is 19.0 Å². The topological polar surface area (TPSA) is 58.6 Å². The average molecular weight is 366 g/mol. The van der Waals surface area contributed by atoms with E-state index in [1.54, 1.807) is 4.90 Å². The van der Waals surface area contributed by atoms with Crippen LogP contribution in [0.15, 0.2) is 36.4 Å². The third-order valence-corrected chi connectivity index (χ3v) is 4.84. The zero-order valence-electron chi connectivity index (χ0n) is 16.3. The molecular formula is C22H26N2O3. The molecule has 0 bridgehead atoms. The molecule has 5 heteroatoms. The number of carbonyl (C=O) groups is 2. The maximum absolute atomic E-state index is 13.0. The van der Waals surface area contributed by atoms with E-state index in [2.05, 4.69) is 5.32 Å². The molecule has 27 heavy (non-hydrogen) atoms. The summed E-state index contributed by atoms with van der Waals surface area (Å²) >= 11 is 0. The fourth-order valence-electron chi connectivity index (χ4n) is 3.61. The molecule has 3 rings (SSSR count). The SMILES string of the molecule is CC(=O)NC1C(=O)N(CCCOc2cccc(C)c2)c2c(C)ccc(C)c21. The summed E-state index contributed by atoms with van der Waals surface area (Å²) in [6.07, 6.45) is 0.708. The second-order valence-corrected chi connectivity index (χ2v) is 7.10. The van der Waals surface area contributed by atoms with Crippen LogP contribution in [0.1, 0.15) is 41.6 Å². The summed E-state index contributed by atoms with van der Waals surface area (Å²) in [6, 6.07) is 11.3. The van der Waals surface area contributed by atoms with Crippen LogP contribution in [0.2, 0.25) is 0 Å². The van der Waals surface area contributed by atoms with E-state index in [4.69, 9.17) is 4.74 Å². The smallest absolute Gasteiger partial charge is 0.254 e. The number of nitrogens with one attached hydrogen (secondary N) is 1. The molecule has 1 aliphatic rings. The lowest BCUT2D eigenvalue weighted by Gasteiger charge is -2.20. The van der Waals surface area contributed by atoms with E-state index >= 15 is 0 Å². The predicted molar refractivity (Wildman–Crippen MR) is 106 cm³/mol. The van der Waals surface area contributed by atoms with Crippen LogP contribution in [0.25, 0.3) is 0 Å². The number of carbonyl (C=O) groups excluding carboxylic acids is 2. The van der Waals surface area contributed by atoms with Crippen molar-refractivity contribution in [3.63, 3.8) is 0 Å². The molecule has 1 heterocycles. The number of benzene rings is 2. The van der Waals surface area contributed by atoms with Crippen molar-refractivity contribution in [2.75, 3.05) is 18.1 Å². The Balaban J connectivity index is 1.73. The molecule has 5 nitrogen and oxygen atoms in total. The van der Waals surface area contributed by atoms with Gasteiger partial charge < -0.3 is 15.0 Å². The van der Waals surface area contributed by atoms with Crippen molar-refractivity contribution >= 4 is 17.5 Å². The van der Waals surface area contributed by atoms with Crippen LogP contribution >= 0.6 is 0 Å². The van der Waals surface area contributed by atoms with Gasteiger partial charge in [-0.25, -0.2) is 0 Å². The highest BCUT2D eigenvalue weighted by Gasteiger charge is 2.39. The Bertz CT molecular complexity index is 876. The molecule has 0 aromatic heterocycles. The number of aryl methyl sites for hydroxylation is 3. The summed E-state index contributed by atoms with van der Waals surface area (Å²) in [6.45, 7) is 8.52. The lowest BCUT2D eigenvalue weighted by molar-refractivity contribution is -0.126. The minimum atomic E-state index is -0.602. The highest BCUT2D eigenvalue weighted by molar-refractivity contribution is 6.07. The molecule has 2 aromatic rings. The van der Waals surface area contributed by atoms with E-state index in [0.717, 1.165) is 33.7 Å². The van der Waals surface area contributed by atoms with Crippen LogP contribution < -0.4 is 15.0 Å². The molecule has 2 amide bonds. The van der Waals surface area contributed by atoms with E-state index in [1.165, 1.54) is 6.92 Å². The Morgan fingerprint density at radius 3 is 2.59 bits per heavy atom. The maximum Gasteiger partial charge on any atom is 0.254 e. The molecule has 1 atom stereocenters. The van der Waals surface area contributed by atoms with Gasteiger partial charge in [-0.2, -0.15) is 0 Å². The van der Waals surface area contributed by atoms with Crippen LogP contribution in [-0.2, 0) is 9.59 Å². The third-order valence-electron chi connectivity index (χ3n) is 4.84. The molecule has 1 N–H and O–H groups in total. The molecule has 1 aliphatic heterocycles. The van der Waals surface area contributed by atoms with Crippen molar-refractivity contribution in [2.24, 2.45) is 0 Å². The number of nitrogens with zero attached hydrogens (tertiary/aromatic N) is 1. The van der Waals surface area contributed by atoms with Gasteiger partial charge in [-0.15, -0.1) is 0 Å². The number of hydrogen-bond acceptors (Lipinski definition) is 3. The van der Waals surface area contributed by atoms with E-state index < -0.39 is 6.04 Å². The molecule has 0 radical (unpaired) electrons. The fraction of sp³-hybridized carbons (Fsp3) is 0.364. The van der Waals surface area contributed by atoms with Crippen molar-refractivity contribution in [2.45, 2.75) is 40.2 Å². The maximum atomic E-state index is 13.0. The average Bonchev–Trinajstić information content (AvgIpc) is 2.88. The van der Waals surface area contributed by atoms with Crippen molar-refractivity contribution in [3.8, 4) is 5.75 Å². The van der Waals surface area contributed by atoms with Crippen molar-refractivity contribution in [3.05, 3.63) is 58.7 Å². The van der Waals surface area contributed by atoms with Crippen LogP contribution in [0.5, 0.6) is 5.75 Å². The lowest BCUT2D eigenvalue weighted by atomic mass is 9.99. The largest absolute Gasteiger partial charge is 0.494 e. The Hall–Kier alpha value is -2.82. The summed E-state index contributed by atoms with van der Waals surface area (Å²) in [7, 11) is 0. The molecule has 2 aromatic carbocycles. The lowest BCUT2D eigenvalue weighted by Crippen LogP contribution is -2.37. The first-order valence-corrected chi connectivity index (χ1v) is 9.26. The standard InChI is InChI=1S/C22H26N2O3/c1-14-7-5-8-18(13-14)27-12-6-11-24-21-16(3)10-9-15(2)19(21)20(22(24)26)23-17(4)25/h5,7-10,13,20H,6,11-12H2,1-4H3,(H,23,25). The van der Waals surface area contributed by atoms with Crippen LogP contribution in [-0.4, -0.2) is 25.0 Å². The molecular weight excluding hydrogens is 340 g/mol. The van der Waals surface area contributed by atoms with Gasteiger partial charge in [0.05, 0.1) is 12.3 Å². The molecule has 0 aliphatic carbocycles. The first-order valence-electron chi connectivity index (χ1n) is 9.26. The van der Waals surface area contributed by atoms with E-state index in [0.29, 0.717) is 19.6 Å². The number of ether oxygens (including phenoxy) is 1. The third kappa shape index (κ3) is 3.97. The van der Waals surface area contributed by atoms with Crippen LogP contribution in [0.4, 0.5) is 5.69 Å². The quantitative estimate of drug-likeness (QED) is 0.795. The van der Waals surface area contributed by atoms with Gasteiger partial charge in [0.25, 0.3) is 5.91 Å². The van der Waals surface area contributed by atoms with Crippen LogP contribution in [0, 0.1) is 20.8 Å². The highest BCUT2D eigenvalue weighted by atomic mass is 16.5. The van der Waals surface area contributed by atoms with Gasteiger partial charge in [-0.3, -0.25) is 9.59 Å². The fourth-order valence-corrected chi connectivity index (χ4v) is 3.61. The zero-order chi connectivity index (χ0) is 19.6. The van der Waals surface area contributed by atoms with E-state index in [9.17, 15) is 9.59 Å². The molecule has 142 valence electrons. The van der Waals surface area contributed by atoms with Gasteiger partial charge in [-0.05, 0) is 56.0 Å². The molecule has 0 fully saturated rings. The Kier molecular flexibility index (Phi) is 5.49. The summed E-state index contributed by atoms with van der Waals surface area (Å²) in [4.78, 5) is 26.4. The zero-order valence-corrected chi connectivity index (χ0v) is 16.3. The minimum Gasteiger partial charge on any atom is -0.494 e. The normalized spacial score (nSPS) is 15.6. The van der Waals surface area contributed by atoms with Crippen molar-refractivity contribution < 1.29 is 14.3 Å². The van der Waals surface area contributed by atoms with E-state index in [1.807, 2.05) is 57.2 Å². The summed E-state index contributed by atoms with van der Waals surface area (Å²) in [5.41, 5.74) is 5.04.